The second kappa shape index (κ2) is 8.04. The van der Waals surface area contributed by atoms with E-state index in [1.807, 2.05) is 6.92 Å². The van der Waals surface area contributed by atoms with Crippen molar-refractivity contribution in [2.24, 2.45) is 5.92 Å². The van der Waals surface area contributed by atoms with Crippen LogP contribution >= 0.6 is 22.9 Å². The molecule has 2 aliphatic heterocycles. The Balaban J connectivity index is 1.33. The van der Waals surface area contributed by atoms with Gasteiger partial charge in [0.15, 0.2) is 11.5 Å². The SMILES string of the molecule is Cc1nc(CN2CCC(C(=O)Nc3cc4c(cc3Cl)OCCO4)CC2)cs1. The number of benzene rings is 1. The highest BCUT2D eigenvalue weighted by Crippen LogP contribution is 2.38. The summed E-state index contributed by atoms with van der Waals surface area (Å²) in [6.45, 7) is 5.67. The number of nitrogens with zero attached hydrogens (tertiary/aromatic N) is 2. The third kappa shape index (κ3) is 4.36. The third-order valence-corrected chi connectivity index (χ3v) is 6.04. The Kier molecular flexibility index (Phi) is 5.52. The van der Waals surface area contributed by atoms with Gasteiger partial charge in [-0.1, -0.05) is 11.6 Å². The van der Waals surface area contributed by atoms with Gasteiger partial charge in [0.2, 0.25) is 5.91 Å². The summed E-state index contributed by atoms with van der Waals surface area (Å²) in [5.41, 5.74) is 1.69. The number of piperidine rings is 1. The van der Waals surface area contributed by atoms with Crippen LogP contribution in [0.1, 0.15) is 23.5 Å². The van der Waals surface area contributed by atoms with Crippen molar-refractivity contribution in [1.82, 2.24) is 9.88 Å². The van der Waals surface area contributed by atoms with Crippen molar-refractivity contribution in [2.45, 2.75) is 26.3 Å². The lowest BCUT2D eigenvalue weighted by molar-refractivity contribution is -0.121. The van der Waals surface area contributed by atoms with E-state index < -0.39 is 0 Å². The third-order valence-electron chi connectivity index (χ3n) is 4.90. The number of carbonyl (C=O) groups is 1. The van der Waals surface area contributed by atoms with Gasteiger partial charge in [-0.05, 0) is 32.9 Å². The highest BCUT2D eigenvalue weighted by molar-refractivity contribution is 7.09. The number of hydrogen-bond donors (Lipinski definition) is 1. The van der Waals surface area contributed by atoms with E-state index in [-0.39, 0.29) is 11.8 Å². The molecule has 0 spiro atoms. The second-order valence-corrected chi connectivity index (χ2v) is 8.34. The van der Waals surface area contributed by atoms with Gasteiger partial charge in [0.1, 0.15) is 13.2 Å². The van der Waals surface area contributed by atoms with Gasteiger partial charge < -0.3 is 14.8 Å². The van der Waals surface area contributed by atoms with Crippen LogP contribution in [0, 0.1) is 12.8 Å². The van der Waals surface area contributed by atoms with E-state index in [9.17, 15) is 4.79 Å². The van der Waals surface area contributed by atoms with Crippen LogP contribution < -0.4 is 14.8 Å². The maximum atomic E-state index is 12.7. The molecule has 144 valence electrons. The fourth-order valence-corrected chi connectivity index (χ4v) is 4.26. The van der Waals surface area contributed by atoms with Crippen LogP contribution in [0.3, 0.4) is 0 Å². The van der Waals surface area contributed by atoms with Crippen LogP contribution in [-0.4, -0.2) is 42.1 Å². The summed E-state index contributed by atoms with van der Waals surface area (Å²) in [6.07, 6.45) is 1.66. The smallest absolute Gasteiger partial charge is 0.227 e. The zero-order chi connectivity index (χ0) is 18.8. The van der Waals surface area contributed by atoms with Crippen LogP contribution in [0.5, 0.6) is 11.5 Å². The molecule has 0 saturated carbocycles. The number of carbonyl (C=O) groups excluding carboxylic acids is 1. The number of likely N-dealkylation sites (tertiary alicyclic amines) is 1. The molecule has 1 N–H and O–H groups in total. The fraction of sp³-hybridized carbons (Fsp3) is 0.474. The first kappa shape index (κ1) is 18.5. The fourth-order valence-electron chi connectivity index (χ4n) is 3.46. The Bertz CT molecular complexity index is 834. The minimum absolute atomic E-state index is 0.0114. The monoisotopic (exact) mass is 407 g/mol. The largest absolute Gasteiger partial charge is 0.486 e. The highest BCUT2D eigenvalue weighted by Gasteiger charge is 2.26. The molecular formula is C19H22ClN3O3S. The quantitative estimate of drug-likeness (QED) is 0.836. The van der Waals surface area contributed by atoms with Crippen molar-refractivity contribution in [3.63, 3.8) is 0 Å². The van der Waals surface area contributed by atoms with E-state index in [4.69, 9.17) is 21.1 Å². The minimum atomic E-state index is -0.0114. The molecule has 2 aromatic rings. The molecule has 1 fully saturated rings. The molecule has 27 heavy (non-hydrogen) atoms. The summed E-state index contributed by atoms with van der Waals surface area (Å²) in [4.78, 5) is 19.6. The lowest BCUT2D eigenvalue weighted by Gasteiger charge is -2.30. The molecule has 1 aromatic heterocycles. The molecule has 0 bridgehead atoms. The summed E-state index contributed by atoms with van der Waals surface area (Å²) < 4.78 is 11.1. The summed E-state index contributed by atoms with van der Waals surface area (Å²) in [5, 5.41) is 6.63. The first-order valence-corrected chi connectivity index (χ1v) is 10.4. The molecule has 1 saturated heterocycles. The Morgan fingerprint density at radius 1 is 1.30 bits per heavy atom. The van der Waals surface area contributed by atoms with Gasteiger partial charge in [-0.3, -0.25) is 9.69 Å². The summed E-state index contributed by atoms with van der Waals surface area (Å²) >= 11 is 7.97. The number of amides is 1. The van der Waals surface area contributed by atoms with E-state index >= 15 is 0 Å². The molecule has 1 amide bonds. The number of hydrogen-bond acceptors (Lipinski definition) is 6. The van der Waals surface area contributed by atoms with Gasteiger partial charge in [0.05, 0.1) is 21.4 Å². The van der Waals surface area contributed by atoms with Crippen LogP contribution in [0.15, 0.2) is 17.5 Å². The van der Waals surface area contributed by atoms with Gasteiger partial charge in [0, 0.05) is 30.0 Å². The molecule has 8 heteroatoms. The molecule has 4 rings (SSSR count). The number of aryl methyl sites for hydroxylation is 1. The van der Waals surface area contributed by atoms with Crippen LogP contribution in [0.25, 0.3) is 0 Å². The molecule has 1 aromatic carbocycles. The number of rotatable bonds is 4. The van der Waals surface area contributed by atoms with E-state index in [2.05, 4.69) is 20.6 Å². The van der Waals surface area contributed by atoms with E-state index in [1.165, 1.54) is 0 Å². The van der Waals surface area contributed by atoms with Crippen molar-refractivity contribution >= 4 is 34.5 Å². The molecule has 0 atom stereocenters. The van der Waals surface area contributed by atoms with Crippen LogP contribution in [0.4, 0.5) is 5.69 Å². The lowest BCUT2D eigenvalue weighted by Crippen LogP contribution is -2.37. The number of halogens is 1. The average molecular weight is 408 g/mol. The van der Waals surface area contributed by atoms with Gasteiger partial charge in [0.25, 0.3) is 0 Å². The second-order valence-electron chi connectivity index (χ2n) is 6.87. The Morgan fingerprint density at radius 3 is 2.67 bits per heavy atom. The van der Waals surface area contributed by atoms with Crippen molar-refractivity contribution in [2.75, 3.05) is 31.6 Å². The van der Waals surface area contributed by atoms with Gasteiger partial charge >= 0.3 is 0 Å². The standard InChI is InChI=1S/C19H22ClN3O3S/c1-12-21-14(11-27-12)10-23-4-2-13(3-5-23)19(24)22-16-9-18-17(8-15(16)20)25-6-7-26-18/h8-9,11,13H,2-7,10H2,1H3,(H,22,24). The Labute approximate surface area is 167 Å². The summed E-state index contributed by atoms with van der Waals surface area (Å²) in [7, 11) is 0. The van der Waals surface area contributed by atoms with Crippen molar-refractivity contribution in [3.05, 3.63) is 33.2 Å². The molecule has 6 nitrogen and oxygen atoms in total. The van der Waals surface area contributed by atoms with Gasteiger partial charge in [-0.2, -0.15) is 0 Å². The summed E-state index contributed by atoms with van der Waals surface area (Å²) in [6, 6.07) is 3.44. The minimum Gasteiger partial charge on any atom is -0.486 e. The topological polar surface area (TPSA) is 63.7 Å². The first-order chi connectivity index (χ1) is 13.1. The van der Waals surface area contributed by atoms with E-state index in [1.54, 1.807) is 23.5 Å². The zero-order valence-corrected chi connectivity index (χ0v) is 16.7. The predicted molar refractivity (Wildman–Crippen MR) is 106 cm³/mol. The van der Waals surface area contributed by atoms with E-state index in [0.29, 0.717) is 35.4 Å². The lowest BCUT2D eigenvalue weighted by atomic mass is 9.95. The number of nitrogens with one attached hydrogen (secondary N) is 1. The number of ether oxygens (including phenoxy) is 2. The Morgan fingerprint density at radius 2 is 2.00 bits per heavy atom. The van der Waals surface area contributed by atoms with Gasteiger partial charge in [-0.15, -0.1) is 11.3 Å². The first-order valence-electron chi connectivity index (χ1n) is 9.12. The maximum absolute atomic E-state index is 12.7. The van der Waals surface area contributed by atoms with Crippen molar-refractivity contribution < 1.29 is 14.3 Å². The molecular weight excluding hydrogens is 386 g/mol. The molecule has 0 radical (unpaired) electrons. The molecule has 2 aliphatic rings. The molecule has 0 unspecified atom stereocenters. The normalized spacial score (nSPS) is 17.7. The average Bonchev–Trinajstić information content (AvgIpc) is 3.07. The number of fused-ring (bicyclic) bond motifs is 1. The van der Waals surface area contributed by atoms with Crippen LogP contribution in [0.2, 0.25) is 5.02 Å². The number of anilines is 1. The van der Waals surface area contributed by atoms with E-state index in [0.717, 1.165) is 43.2 Å². The number of aromatic nitrogens is 1. The highest BCUT2D eigenvalue weighted by atomic mass is 35.5. The Hall–Kier alpha value is -1.83. The summed E-state index contributed by atoms with van der Waals surface area (Å²) in [5.74, 6) is 1.24. The zero-order valence-electron chi connectivity index (χ0n) is 15.2. The van der Waals surface area contributed by atoms with Crippen molar-refractivity contribution in [3.8, 4) is 11.5 Å². The maximum Gasteiger partial charge on any atom is 0.227 e. The number of thiazole rings is 1. The van der Waals surface area contributed by atoms with Gasteiger partial charge in [-0.25, -0.2) is 4.98 Å². The molecule has 3 heterocycles. The predicted octanol–water partition coefficient (Wildman–Crippen LogP) is 3.73. The van der Waals surface area contributed by atoms with Crippen molar-refractivity contribution in [1.29, 1.82) is 0 Å². The van der Waals surface area contributed by atoms with Crippen LogP contribution in [-0.2, 0) is 11.3 Å². The molecule has 0 aliphatic carbocycles.